The lowest BCUT2D eigenvalue weighted by atomic mass is 9.73. The van der Waals surface area contributed by atoms with E-state index in [0.29, 0.717) is 13.2 Å². The molecule has 4 heteroatoms. The minimum atomic E-state index is -0.339. The summed E-state index contributed by atoms with van der Waals surface area (Å²) in [6.07, 6.45) is 39.6. The molecule has 0 aromatic heterocycles. The second kappa shape index (κ2) is 31.5. The molecule has 1 rings (SSSR count). The standard InChI is InChI=1S/C41H78O4/c1-4-6-8-10-12-14-16-18-20-22-24-26-28-30-35-44-40(42)38-34-32-33-37(3)39(38)41(43)45-36-31-29-27-25-23-21-19-17-15-13-11-9-7-5-2/h37-39H,4-36H2,1-3H3. The lowest BCUT2D eigenvalue weighted by molar-refractivity contribution is -0.165. The number of ether oxygens (including phenoxy) is 2. The van der Waals surface area contributed by atoms with Gasteiger partial charge in [0.1, 0.15) is 0 Å². The lowest BCUT2D eigenvalue weighted by Crippen LogP contribution is -2.39. The molecule has 0 bridgehead atoms. The third-order valence-corrected chi connectivity index (χ3v) is 10.3. The number of rotatable bonds is 32. The third kappa shape index (κ3) is 23.8. The molecule has 0 N–H and O–H groups in total. The second-order valence-electron chi connectivity index (χ2n) is 14.6. The predicted octanol–water partition coefficient (Wildman–Crippen LogP) is 13.1. The van der Waals surface area contributed by atoms with Crippen molar-refractivity contribution < 1.29 is 19.1 Å². The van der Waals surface area contributed by atoms with Crippen LogP contribution in [0.1, 0.15) is 220 Å². The number of unbranched alkanes of at least 4 members (excludes halogenated alkanes) is 26. The molecule has 3 atom stereocenters. The van der Waals surface area contributed by atoms with Gasteiger partial charge in [0, 0.05) is 0 Å². The molecule has 266 valence electrons. The fourth-order valence-corrected chi connectivity index (χ4v) is 7.22. The van der Waals surface area contributed by atoms with Crippen molar-refractivity contribution in [2.24, 2.45) is 17.8 Å². The molecule has 1 aliphatic carbocycles. The Labute approximate surface area is 281 Å². The highest BCUT2D eigenvalue weighted by atomic mass is 16.5. The van der Waals surface area contributed by atoms with Gasteiger partial charge in [-0.15, -0.1) is 0 Å². The Morgan fingerprint density at radius 2 is 0.756 bits per heavy atom. The van der Waals surface area contributed by atoms with Gasteiger partial charge in [-0.1, -0.05) is 194 Å². The van der Waals surface area contributed by atoms with Crippen molar-refractivity contribution in [3.63, 3.8) is 0 Å². The number of hydrogen-bond acceptors (Lipinski definition) is 4. The number of carbonyl (C=O) groups is 2. The summed E-state index contributed by atoms with van der Waals surface area (Å²) in [6.45, 7) is 7.64. The Hall–Kier alpha value is -1.06. The van der Waals surface area contributed by atoms with Gasteiger partial charge in [0.25, 0.3) is 0 Å². The first-order valence-corrected chi connectivity index (χ1v) is 20.4. The first kappa shape index (κ1) is 42.0. The summed E-state index contributed by atoms with van der Waals surface area (Å²) in [7, 11) is 0. The fourth-order valence-electron chi connectivity index (χ4n) is 7.22. The average Bonchev–Trinajstić information content (AvgIpc) is 3.04. The maximum absolute atomic E-state index is 13.0. The zero-order chi connectivity index (χ0) is 32.6. The van der Waals surface area contributed by atoms with Crippen LogP contribution in [0.4, 0.5) is 0 Å². The van der Waals surface area contributed by atoms with Crippen LogP contribution in [-0.2, 0) is 19.1 Å². The van der Waals surface area contributed by atoms with Crippen molar-refractivity contribution in [1.29, 1.82) is 0 Å². The first-order chi connectivity index (χ1) is 22.1. The van der Waals surface area contributed by atoms with Gasteiger partial charge in [-0.05, 0) is 31.6 Å². The van der Waals surface area contributed by atoms with Gasteiger partial charge in [-0.25, -0.2) is 0 Å². The highest BCUT2D eigenvalue weighted by Gasteiger charge is 2.42. The van der Waals surface area contributed by atoms with Crippen LogP contribution in [0.3, 0.4) is 0 Å². The minimum Gasteiger partial charge on any atom is -0.465 e. The van der Waals surface area contributed by atoms with Crippen molar-refractivity contribution in [3.8, 4) is 0 Å². The molecule has 1 fully saturated rings. The van der Waals surface area contributed by atoms with Crippen LogP contribution in [0, 0.1) is 17.8 Å². The van der Waals surface area contributed by atoms with Gasteiger partial charge in [0.15, 0.2) is 0 Å². The molecule has 1 aliphatic rings. The largest absolute Gasteiger partial charge is 0.465 e. The van der Waals surface area contributed by atoms with E-state index >= 15 is 0 Å². The van der Waals surface area contributed by atoms with Crippen molar-refractivity contribution in [2.75, 3.05) is 13.2 Å². The summed E-state index contributed by atoms with van der Waals surface area (Å²) in [5.41, 5.74) is 0. The molecule has 0 radical (unpaired) electrons. The predicted molar refractivity (Wildman–Crippen MR) is 193 cm³/mol. The van der Waals surface area contributed by atoms with Crippen molar-refractivity contribution in [1.82, 2.24) is 0 Å². The van der Waals surface area contributed by atoms with E-state index < -0.39 is 0 Å². The van der Waals surface area contributed by atoms with Crippen molar-refractivity contribution in [2.45, 2.75) is 220 Å². The Balaban J connectivity index is 2.05. The molecule has 0 aromatic rings. The first-order valence-electron chi connectivity index (χ1n) is 20.4. The van der Waals surface area contributed by atoms with Gasteiger partial charge < -0.3 is 9.47 Å². The van der Waals surface area contributed by atoms with E-state index in [1.54, 1.807) is 0 Å². The van der Waals surface area contributed by atoms with Crippen LogP contribution < -0.4 is 0 Å². The van der Waals surface area contributed by atoms with Gasteiger partial charge in [-0.2, -0.15) is 0 Å². The summed E-state index contributed by atoms with van der Waals surface area (Å²) < 4.78 is 11.4. The van der Waals surface area contributed by atoms with Crippen molar-refractivity contribution >= 4 is 11.9 Å². The molecule has 0 heterocycles. The molecule has 0 aliphatic heterocycles. The summed E-state index contributed by atoms with van der Waals surface area (Å²) in [5, 5.41) is 0. The van der Waals surface area contributed by atoms with Crippen LogP contribution in [0.15, 0.2) is 0 Å². The smallest absolute Gasteiger partial charge is 0.310 e. The molecule has 3 unspecified atom stereocenters. The summed E-state index contributed by atoms with van der Waals surface area (Å²) >= 11 is 0. The number of hydrogen-bond donors (Lipinski definition) is 0. The van der Waals surface area contributed by atoms with E-state index in [1.807, 2.05) is 0 Å². The lowest BCUT2D eigenvalue weighted by Gasteiger charge is -2.33. The Bertz CT molecular complexity index is 662. The van der Waals surface area contributed by atoms with E-state index in [2.05, 4.69) is 20.8 Å². The minimum absolute atomic E-state index is 0.171. The molecule has 0 aromatic carbocycles. The highest BCUT2D eigenvalue weighted by molar-refractivity contribution is 5.82. The molecular weight excluding hydrogens is 556 g/mol. The maximum Gasteiger partial charge on any atom is 0.310 e. The quantitative estimate of drug-likeness (QED) is 0.0545. The summed E-state index contributed by atoms with van der Waals surface area (Å²) in [6, 6.07) is 0. The van der Waals surface area contributed by atoms with Crippen LogP contribution >= 0.6 is 0 Å². The molecule has 1 saturated carbocycles. The van der Waals surface area contributed by atoms with Crippen LogP contribution in [0.25, 0.3) is 0 Å². The zero-order valence-corrected chi connectivity index (χ0v) is 30.7. The number of carbonyl (C=O) groups excluding carboxylic acids is 2. The topological polar surface area (TPSA) is 52.6 Å². The molecular formula is C41H78O4. The monoisotopic (exact) mass is 635 g/mol. The normalized spacial score (nSPS) is 18.2. The molecule has 45 heavy (non-hydrogen) atoms. The van der Waals surface area contributed by atoms with E-state index in [1.165, 1.54) is 154 Å². The maximum atomic E-state index is 13.0. The molecule has 0 saturated heterocycles. The Morgan fingerprint density at radius 1 is 0.444 bits per heavy atom. The van der Waals surface area contributed by atoms with Gasteiger partial charge in [-0.3, -0.25) is 9.59 Å². The van der Waals surface area contributed by atoms with Crippen LogP contribution in [-0.4, -0.2) is 25.2 Å². The highest BCUT2D eigenvalue weighted by Crippen LogP contribution is 2.36. The van der Waals surface area contributed by atoms with Gasteiger partial charge in [0.05, 0.1) is 25.0 Å². The Morgan fingerprint density at radius 3 is 1.11 bits per heavy atom. The molecule has 4 nitrogen and oxygen atoms in total. The summed E-state index contributed by atoms with van der Waals surface area (Å²) in [4.78, 5) is 26.0. The van der Waals surface area contributed by atoms with Gasteiger partial charge >= 0.3 is 11.9 Å². The van der Waals surface area contributed by atoms with Gasteiger partial charge in [0.2, 0.25) is 0 Å². The molecule has 0 amide bonds. The van der Waals surface area contributed by atoms with E-state index in [4.69, 9.17) is 9.47 Å². The zero-order valence-electron chi connectivity index (χ0n) is 30.7. The molecule has 0 spiro atoms. The van der Waals surface area contributed by atoms with Crippen molar-refractivity contribution in [3.05, 3.63) is 0 Å². The Kier molecular flexibility index (Phi) is 29.4. The van der Waals surface area contributed by atoms with Crippen LogP contribution in [0.2, 0.25) is 0 Å². The van der Waals surface area contributed by atoms with E-state index in [0.717, 1.165) is 44.9 Å². The fraction of sp³-hybridized carbons (Fsp3) is 0.951. The third-order valence-electron chi connectivity index (χ3n) is 10.3. The SMILES string of the molecule is CCCCCCCCCCCCCCCCOC(=O)C1CCCC(C)C1C(=O)OCCCCCCCCCCCCCCCC. The van der Waals surface area contributed by atoms with E-state index in [-0.39, 0.29) is 29.7 Å². The van der Waals surface area contributed by atoms with Crippen LogP contribution in [0.5, 0.6) is 0 Å². The second-order valence-corrected chi connectivity index (χ2v) is 14.6. The number of esters is 2. The average molecular weight is 635 g/mol. The van der Waals surface area contributed by atoms with E-state index in [9.17, 15) is 9.59 Å². The summed E-state index contributed by atoms with van der Waals surface area (Å²) in [5.74, 6) is -0.829.